The summed E-state index contributed by atoms with van der Waals surface area (Å²) in [5.74, 6) is 1.29. The standard InChI is InChI=1S/C26H22N2O5S2/c1-31-20-13-9-19(10-14-20)24(29)27-28-25(30)23(35-26(28)34)17-18-7-11-22(12-8-18)33-16-15-32-21-5-3-2-4-6-21/h2-14,17H,15-16H2,1H3,(H,27,29)/b23-17+. The topological polar surface area (TPSA) is 77.1 Å². The Morgan fingerprint density at radius 1 is 0.914 bits per heavy atom. The zero-order chi connectivity index (χ0) is 24.6. The first kappa shape index (κ1) is 24.3. The lowest BCUT2D eigenvalue weighted by Crippen LogP contribution is -2.44. The minimum absolute atomic E-state index is 0.251. The molecule has 1 N–H and O–H groups in total. The number of hydrogen-bond acceptors (Lipinski definition) is 7. The molecule has 0 bridgehead atoms. The molecule has 1 heterocycles. The maximum Gasteiger partial charge on any atom is 0.285 e. The molecule has 35 heavy (non-hydrogen) atoms. The maximum atomic E-state index is 12.8. The van der Waals surface area contributed by atoms with Crippen molar-refractivity contribution in [3.8, 4) is 17.2 Å². The second-order valence-corrected chi connectivity index (χ2v) is 8.94. The van der Waals surface area contributed by atoms with Crippen molar-refractivity contribution in [2.45, 2.75) is 0 Å². The first-order chi connectivity index (χ1) is 17.0. The number of rotatable bonds is 9. The van der Waals surface area contributed by atoms with Gasteiger partial charge in [-0.3, -0.25) is 15.0 Å². The number of nitrogens with zero attached hydrogens (tertiary/aromatic N) is 1. The van der Waals surface area contributed by atoms with Crippen molar-refractivity contribution in [2.75, 3.05) is 20.3 Å². The number of carbonyl (C=O) groups excluding carboxylic acids is 2. The third kappa shape index (κ3) is 6.40. The third-order valence-electron chi connectivity index (χ3n) is 4.90. The molecular formula is C26H22N2O5S2. The van der Waals surface area contributed by atoms with E-state index in [0.29, 0.717) is 35.2 Å². The number of carbonyl (C=O) groups is 2. The highest BCUT2D eigenvalue weighted by Gasteiger charge is 2.33. The molecule has 178 valence electrons. The molecule has 0 spiro atoms. The molecule has 9 heteroatoms. The monoisotopic (exact) mass is 506 g/mol. The van der Waals surface area contributed by atoms with Gasteiger partial charge < -0.3 is 14.2 Å². The van der Waals surface area contributed by atoms with Crippen LogP contribution >= 0.6 is 24.0 Å². The zero-order valence-corrected chi connectivity index (χ0v) is 20.4. The molecule has 0 atom stereocenters. The van der Waals surface area contributed by atoms with Crippen molar-refractivity contribution in [1.29, 1.82) is 0 Å². The fourth-order valence-electron chi connectivity index (χ4n) is 3.12. The van der Waals surface area contributed by atoms with Crippen LogP contribution in [0.2, 0.25) is 0 Å². The van der Waals surface area contributed by atoms with Gasteiger partial charge in [-0.25, -0.2) is 0 Å². The normalized spacial score (nSPS) is 14.2. The van der Waals surface area contributed by atoms with Crippen LogP contribution in [-0.2, 0) is 4.79 Å². The fourth-order valence-corrected chi connectivity index (χ4v) is 4.30. The van der Waals surface area contributed by atoms with E-state index in [0.717, 1.165) is 28.1 Å². The Morgan fingerprint density at radius 2 is 1.51 bits per heavy atom. The second kappa shape index (κ2) is 11.5. The van der Waals surface area contributed by atoms with Gasteiger partial charge in [-0.15, -0.1) is 0 Å². The van der Waals surface area contributed by atoms with Gasteiger partial charge in [0, 0.05) is 5.56 Å². The molecule has 0 aromatic heterocycles. The molecule has 1 aliphatic rings. The van der Waals surface area contributed by atoms with Gasteiger partial charge in [0.1, 0.15) is 30.5 Å². The SMILES string of the molecule is COc1ccc(C(=O)NN2C(=O)/C(=C\c3ccc(OCCOc4ccccc4)cc3)SC2=S)cc1. The molecule has 0 aliphatic carbocycles. The van der Waals surface area contributed by atoms with Crippen LogP contribution in [0.25, 0.3) is 6.08 Å². The minimum atomic E-state index is -0.442. The third-order valence-corrected chi connectivity index (χ3v) is 6.20. The quantitative estimate of drug-likeness (QED) is 0.256. The Labute approximate surface area is 212 Å². The molecule has 1 aliphatic heterocycles. The van der Waals surface area contributed by atoms with Crippen LogP contribution in [0.3, 0.4) is 0 Å². The van der Waals surface area contributed by atoms with Crippen LogP contribution in [-0.4, -0.2) is 41.5 Å². The van der Waals surface area contributed by atoms with E-state index in [1.54, 1.807) is 37.5 Å². The number of para-hydroxylation sites is 1. The Morgan fingerprint density at radius 3 is 2.14 bits per heavy atom. The van der Waals surface area contributed by atoms with Gasteiger partial charge in [0.25, 0.3) is 11.8 Å². The summed E-state index contributed by atoms with van der Waals surface area (Å²) in [5.41, 5.74) is 3.76. The summed E-state index contributed by atoms with van der Waals surface area (Å²) in [7, 11) is 1.55. The van der Waals surface area contributed by atoms with Gasteiger partial charge in [0.15, 0.2) is 4.32 Å². The van der Waals surface area contributed by atoms with Crippen molar-refractivity contribution >= 4 is 46.2 Å². The molecule has 2 amide bonds. The molecule has 0 saturated carbocycles. The average Bonchev–Trinajstić information content (AvgIpc) is 3.15. The highest BCUT2D eigenvalue weighted by Crippen LogP contribution is 2.31. The average molecular weight is 507 g/mol. The number of thioether (sulfide) groups is 1. The minimum Gasteiger partial charge on any atom is -0.497 e. The van der Waals surface area contributed by atoms with Gasteiger partial charge in [0.2, 0.25) is 0 Å². The molecule has 4 rings (SSSR count). The van der Waals surface area contributed by atoms with E-state index in [9.17, 15) is 9.59 Å². The van der Waals surface area contributed by atoms with Crippen LogP contribution in [0.4, 0.5) is 0 Å². The van der Waals surface area contributed by atoms with Crippen molar-refractivity contribution in [2.24, 2.45) is 0 Å². The number of nitrogens with one attached hydrogen (secondary N) is 1. The van der Waals surface area contributed by atoms with E-state index < -0.39 is 5.91 Å². The molecule has 1 saturated heterocycles. The molecular weight excluding hydrogens is 484 g/mol. The van der Waals surface area contributed by atoms with Crippen molar-refractivity contribution in [1.82, 2.24) is 10.4 Å². The second-order valence-electron chi connectivity index (χ2n) is 7.27. The van der Waals surface area contributed by atoms with Gasteiger partial charge in [-0.1, -0.05) is 42.1 Å². The van der Waals surface area contributed by atoms with E-state index in [1.807, 2.05) is 54.6 Å². The van der Waals surface area contributed by atoms with Crippen LogP contribution < -0.4 is 19.6 Å². The molecule has 7 nitrogen and oxygen atoms in total. The molecule has 1 fully saturated rings. The van der Waals surface area contributed by atoms with Crippen LogP contribution in [0, 0.1) is 0 Å². The number of amides is 2. The largest absolute Gasteiger partial charge is 0.497 e. The molecule has 0 radical (unpaired) electrons. The van der Waals surface area contributed by atoms with Gasteiger partial charge in [-0.05, 0) is 72.4 Å². The van der Waals surface area contributed by atoms with Crippen molar-refractivity contribution in [3.63, 3.8) is 0 Å². The highest BCUT2D eigenvalue weighted by molar-refractivity contribution is 8.26. The number of thiocarbonyl (C=S) groups is 1. The first-order valence-corrected chi connectivity index (χ1v) is 11.9. The van der Waals surface area contributed by atoms with E-state index in [1.165, 1.54) is 0 Å². The smallest absolute Gasteiger partial charge is 0.285 e. The summed E-state index contributed by atoms with van der Waals surface area (Å²) in [4.78, 5) is 25.8. The van der Waals surface area contributed by atoms with Crippen LogP contribution in [0.5, 0.6) is 17.2 Å². The number of methoxy groups -OCH3 is 1. The summed E-state index contributed by atoms with van der Waals surface area (Å²) in [6, 6.07) is 23.4. The zero-order valence-electron chi connectivity index (χ0n) is 18.8. The summed E-state index contributed by atoms with van der Waals surface area (Å²) in [6.07, 6.45) is 1.72. The lowest BCUT2D eigenvalue weighted by molar-refractivity contribution is -0.123. The van der Waals surface area contributed by atoms with E-state index in [-0.39, 0.29) is 10.2 Å². The van der Waals surface area contributed by atoms with Crippen molar-refractivity contribution < 1.29 is 23.8 Å². The maximum absolute atomic E-state index is 12.8. The predicted octanol–water partition coefficient (Wildman–Crippen LogP) is 4.70. The number of ether oxygens (including phenoxy) is 3. The van der Waals surface area contributed by atoms with Crippen LogP contribution in [0.1, 0.15) is 15.9 Å². The lowest BCUT2D eigenvalue weighted by Gasteiger charge is -2.15. The lowest BCUT2D eigenvalue weighted by atomic mass is 10.2. The summed E-state index contributed by atoms with van der Waals surface area (Å²) >= 11 is 6.42. The van der Waals surface area contributed by atoms with Gasteiger partial charge in [-0.2, -0.15) is 5.01 Å². The molecule has 0 unspecified atom stereocenters. The van der Waals surface area contributed by atoms with E-state index >= 15 is 0 Å². The number of hydrazine groups is 1. The Hall–Kier alpha value is -3.82. The summed E-state index contributed by atoms with van der Waals surface area (Å²) in [5, 5.41) is 1.09. The Bertz CT molecular complexity index is 1230. The van der Waals surface area contributed by atoms with Gasteiger partial charge in [0.05, 0.1) is 12.0 Å². The Balaban J connectivity index is 1.31. The van der Waals surface area contributed by atoms with Crippen LogP contribution in [0.15, 0.2) is 83.8 Å². The van der Waals surface area contributed by atoms with Crippen molar-refractivity contribution in [3.05, 3.63) is 94.9 Å². The summed E-state index contributed by atoms with van der Waals surface area (Å²) in [6.45, 7) is 0.831. The fraction of sp³-hybridized carbons (Fsp3) is 0.115. The number of benzene rings is 3. The molecule has 3 aromatic carbocycles. The predicted molar refractivity (Wildman–Crippen MR) is 139 cm³/mol. The molecule has 3 aromatic rings. The number of hydrogen-bond donors (Lipinski definition) is 1. The van der Waals surface area contributed by atoms with E-state index in [4.69, 9.17) is 26.4 Å². The van der Waals surface area contributed by atoms with Gasteiger partial charge >= 0.3 is 0 Å². The first-order valence-electron chi connectivity index (χ1n) is 10.7. The summed E-state index contributed by atoms with van der Waals surface area (Å²) < 4.78 is 16.7. The Kier molecular flexibility index (Phi) is 8.02. The van der Waals surface area contributed by atoms with E-state index in [2.05, 4.69) is 5.43 Å². The highest BCUT2D eigenvalue weighted by atomic mass is 32.2.